The first-order valence-electron chi connectivity index (χ1n) is 7.70. The fourth-order valence-corrected chi connectivity index (χ4v) is 1.72. The highest BCUT2D eigenvalue weighted by atomic mass is 16.5. The Hall–Kier alpha value is -1.84. The summed E-state index contributed by atoms with van der Waals surface area (Å²) in [4.78, 5) is 11.4. The zero-order valence-electron chi connectivity index (χ0n) is 13.3. The standard InChI is InChI=1S/C17H26N2O2/c1-4-5-6-9-12-21-16-11-8-7-10-15(16)13-18-19-17(20)14(2)3/h7-8,10-11,13-14H,4-6,9,12H2,1-3H3,(H,19,20)/b18-13-. The number of nitrogens with zero attached hydrogens (tertiary/aromatic N) is 1. The normalized spacial score (nSPS) is 11.0. The first kappa shape index (κ1) is 17.2. The number of carbonyl (C=O) groups excluding carboxylic acids is 1. The highest BCUT2D eigenvalue weighted by molar-refractivity contribution is 5.85. The maximum atomic E-state index is 11.4. The molecule has 4 nitrogen and oxygen atoms in total. The van der Waals surface area contributed by atoms with E-state index in [0.29, 0.717) is 6.61 Å². The Kier molecular flexibility index (Phi) is 8.17. The maximum absolute atomic E-state index is 11.4. The molecule has 116 valence electrons. The lowest BCUT2D eigenvalue weighted by atomic mass is 10.2. The van der Waals surface area contributed by atoms with Gasteiger partial charge in [0.05, 0.1) is 12.8 Å². The Labute approximate surface area is 127 Å². The van der Waals surface area contributed by atoms with Crippen molar-refractivity contribution in [3.05, 3.63) is 29.8 Å². The quantitative estimate of drug-likeness (QED) is 0.428. The van der Waals surface area contributed by atoms with Crippen molar-refractivity contribution >= 4 is 12.1 Å². The highest BCUT2D eigenvalue weighted by Gasteiger charge is 2.04. The molecule has 0 aromatic heterocycles. The van der Waals surface area contributed by atoms with Crippen molar-refractivity contribution in [3.8, 4) is 5.75 Å². The molecule has 0 bridgehead atoms. The molecule has 0 saturated heterocycles. The number of nitrogens with one attached hydrogen (secondary N) is 1. The molecule has 0 fully saturated rings. The average Bonchev–Trinajstić information content (AvgIpc) is 2.48. The van der Waals surface area contributed by atoms with E-state index in [1.165, 1.54) is 19.3 Å². The van der Waals surface area contributed by atoms with Crippen LogP contribution in [0.5, 0.6) is 5.75 Å². The van der Waals surface area contributed by atoms with E-state index in [4.69, 9.17) is 4.74 Å². The fraction of sp³-hybridized carbons (Fsp3) is 0.529. The first-order chi connectivity index (χ1) is 10.1. The van der Waals surface area contributed by atoms with Crippen molar-refractivity contribution in [2.24, 2.45) is 11.0 Å². The summed E-state index contributed by atoms with van der Waals surface area (Å²) in [5.74, 6) is 0.632. The molecule has 1 rings (SSSR count). The summed E-state index contributed by atoms with van der Waals surface area (Å²) >= 11 is 0. The molecule has 1 N–H and O–H groups in total. The number of benzene rings is 1. The van der Waals surface area contributed by atoms with E-state index < -0.39 is 0 Å². The van der Waals surface area contributed by atoms with Crippen LogP contribution >= 0.6 is 0 Å². The Balaban J connectivity index is 2.50. The molecule has 0 aliphatic rings. The van der Waals surface area contributed by atoms with Crippen LogP contribution < -0.4 is 10.2 Å². The van der Waals surface area contributed by atoms with E-state index in [0.717, 1.165) is 17.7 Å². The van der Waals surface area contributed by atoms with Gasteiger partial charge in [0.2, 0.25) is 5.91 Å². The molecule has 0 unspecified atom stereocenters. The maximum Gasteiger partial charge on any atom is 0.242 e. The van der Waals surface area contributed by atoms with Crippen molar-refractivity contribution < 1.29 is 9.53 Å². The SMILES string of the molecule is CCCCCCOc1ccccc1/C=N\NC(=O)C(C)C. The third-order valence-corrected chi connectivity index (χ3v) is 3.08. The van der Waals surface area contributed by atoms with Gasteiger partial charge in [-0.3, -0.25) is 4.79 Å². The third kappa shape index (κ3) is 6.93. The number of unbranched alkanes of at least 4 members (excludes halogenated alkanes) is 3. The van der Waals surface area contributed by atoms with Gasteiger partial charge in [-0.2, -0.15) is 5.10 Å². The second kappa shape index (κ2) is 9.97. The number of rotatable bonds is 9. The Bertz CT molecular complexity index is 456. The molecule has 0 aliphatic heterocycles. The molecule has 0 saturated carbocycles. The van der Waals surface area contributed by atoms with Crippen LogP contribution in [0, 0.1) is 5.92 Å². The molecule has 0 spiro atoms. The molecular weight excluding hydrogens is 264 g/mol. The number of hydrazone groups is 1. The first-order valence-corrected chi connectivity index (χ1v) is 7.70. The molecule has 0 radical (unpaired) electrons. The Morgan fingerprint density at radius 3 is 2.76 bits per heavy atom. The second-order valence-corrected chi connectivity index (χ2v) is 5.34. The molecule has 0 atom stereocenters. The summed E-state index contributed by atoms with van der Waals surface area (Å²) in [6.07, 6.45) is 6.34. The van der Waals surface area contributed by atoms with E-state index in [9.17, 15) is 4.79 Å². The van der Waals surface area contributed by atoms with Gasteiger partial charge in [-0.15, -0.1) is 0 Å². The summed E-state index contributed by atoms with van der Waals surface area (Å²) in [7, 11) is 0. The van der Waals surface area contributed by atoms with E-state index >= 15 is 0 Å². The highest BCUT2D eigenvalue weighted by Crippen LogP contribution is 2.16. The largest absolute Gasteiger partial charge is 0.493 e. The van der Waals surface area contributed by atoms with Gasteiger partial charge in [-0.25, -0.2) is 5.43 Å². The number of para-hydroxylation sites is 1. The van der Waals surface area contributed by atoms with Crippen molar-refractivity contribution in [2.45, 2.75) is 46.5 Å². The van der Waals surface area contributed by atoms with E-state index in [-0.39, 0.29) is 11.8 Å². The number of carbonyl (C=O) groups is 1. The number of ether oxygens (including phenoxy) is 1. The van der Waals surface area contributed by atoms with Gasteiger partial charge in [-0.1, -0.05) is 52.2 Å². The van der Waals surface area contributed by atoms with E-state index in [1.54, 1.807) is 6.21 Å². The summed E-state index contributed by atoms with van der Waals surface area (Å²) in [5, 5.41) is 3.98. The Morgan fingerprint density at radius 2 is 2.05 bits per heavy atom. The third-order valence-electron chi connectivity index (χ3n) is 3.08. The van der Waals surface area contributed by atoms with Crippen LogP contribution in [0.3, 0.4) is 0 Å². The monoisotopic (exact) mass is 290 g/mol. The number of amides is 1. The lowest BCUT2D eigenvalue weighted by molar-refractivity contribution is -0.123. The van der Waals surface area contributed by atoms with Crippen molar-refractivity contribution in [1.29, 1.82) is 0 Å². The number of hydrogen-bond acceptors (Lipinski definition) is 3. The lowest BCUT2D eigenvalue weighted by Crippen LogP contribution is -2.22. The molecule has 1 aromatic carbocycles. The van der Waals surface area contributed by atoms with Crippen LogP contribution in [0.4, 0.5) is 0 Å². The predicted octanol–water partition coefficient (Wildman–Crippen LogP) is 3.75. The van der Waals surface area contributed by atoms with Gasteiger partial charge < -0.3 is 4.74 Å². The van der Waals surface area contributed by atoms with Crippen LogP contribution in [0.1, 0.15) is 52.0 Å². The molecule has 1 aromatic rings. The topological polar surface area (TPSA) is 50.7 Å². The fourth-order valence-electron chi connectivity index (χ4n) is 1.72. The predicted molar refractivity (Wildman–Crippen MR) is 86.7 cm³/mol. The van der Waals surface area contributed by atoms with Crippen molar-refractivity contribution in [2.75, 3.05) is 6.61 Å². The van der Waals surface area contributed by atoms with E-state index in [2.05, 4.69) is 17.5 Å². The van der Waals surface area contributed by atoms with Crippen molar-refractivity contribution in [3.63, 3.8) is 0 Å². The minimum Gasteiger partial charge on any atom is -0.493 e. The average molecular weight is 290 g/mol. The summed E-state index contributed by atoms with van der Waals surface area (Å²) in [6.45, 7) is 6.57. The molecule has 4 heteroatoms. The zero-order chi connectivity index (χ0) is 15.5. The molecule has 0 aliphatic carbocycles. The lowest BCUT2D eigenvalue weighted by Gasteiger charge is -2.08. The van der Waals surface area contributed by atoms with Gasteiger partial charge in [0.25, 0.3) is 0 Å². The van der Waals surface area contributed by atoms with Crippen molar-refractivity contribution in [1.82, 2.24) is 5.43 Å². The number of hydrogen-bond donors (Lipinski definition) is 1. The van der Waals surface area contributed by atoms with Crippen LogP contribution in [0.15, 0.2) is 29.4 Å². The van der Waals surface area contributed by atoms with Gasteiger partial charge in [0.15, 0.2) is 0 Å². The minimum absolute atomic E-state index is 0.0767. The van der Waals surface area contributed by atoms with Crippen LogP contribution in [-0.4, -0.2) is 18.7 Å². The molecule has 21 heavy (non-hydrogen) atoms. The smallest absolute Gasteiger partial charge is 0.242 e. The summed E-state index contributed by atoms with van der Waals surface area (Å²) in [5.41, 5.74) is 3.39. The van der Waals surface area contributed by atoms with Gasteiger partial charge in [-0.05, 0) is 18.6 Å². The summed E-state index contributed by atoms with van der Waals surface area (Å²) in [6, 6.07) is 7.71. The van der Waals surface area contributed by atoms with Crippen LogP contribution in [0.2, 0.25) is 0 Å². The Morgan fingerprint density at radius 1 is 1.29 bits per heavy atom. The molecule has 0 heterocycles. The van der Waals surface area contributed by atoms with Crippen LogP contribution in [-0.2, 0) is 4.79 Å². The van der Waals surface area contributed by atoms with Crippen LogP contribution in [0.25, 0.3) is 0 Å². The summed E-state index contributed by atoms with van der Waals surface area (Å²) < 4.78 is 5.78. The molecule has 1 amide bonds. The zero-order valence-corrected chi connectivity index (χ0v) is 13.3. The van der Waals surface area contributed by atoms with Gasteiger partial charge in [0, 0.05) is 11.5 Å². The molecular formula is C17H26N2O2. The van der Waals surface area contributed by atoms with Gasteiger partial charge >= 0.3 is 0 Å². The minimum atomic E-state index is -0.0933. The van der Waals surface area contributed by atoms with Gasteiger partial charge in [0.1, 0.15) is 5.75 Å². The van der Waals surface area contributed by atoms with E-state index in [1.807, 2.05) is 38.1 Å². The second-order valence-electron chi connectivity index (χ2n) is 5.34.